The molecular weight excluding hydrogens is 1550 g/mol. The number of methoxy groups -OCH3 is 1. The van der Waals surface area contributed by atoms with Crippen LogP contribution in [0.2, 0.25) is 5.02 Å². The third-order valence-corrected chi connectivity index (χ3v) is 12.8. The molecule has 0 atom stereocenters. The van der Waals surface area contributed by atoms with Crippen molar-refractivity contribution in [1.29, 1.82) is 0 Å². The van der Waals surface area contributed by atoms with Crippen LogP contribution in [0.4, 0.5) is 0 Å². The SMILES string of the molecule is C=CCn1c(=O)n(CC=C)c(=O)n(CCCC(C)(C)C)c1=O.C=CCn1c(=O)n(CC=C)c(=O)n(CCCC(C)(C)C)c1=O.CC(C)(C)C.CC(C)(C)C.CC(C)(C)C.CC(C)(C)C.CC(C)(C)C.CC(C)(C)C.CC(C)(C)C.CC(C)(C)C.CC(C)(C)c1ccc(Br)cc1.CC(C)(C)c1ccc(Cl)cc1.COc1ccc(C(C)(C)C)cc1. The Morgan fingerprint density at radius 3 is 0.602 bits per heavy atom. The third kappa shape index (κ3) is 93.9. The van der Waals surface area contributed by atoms with Crippen molar-refractivity contribution in [2.75, 3.05) is 7.11 Å². The average Bonchev–Trinajstić information content (AvgIpc) is 0.790. The van der Waals surface area contributed by atoms with Gasteiger partial charge >= 0.3 is 34.1 Å². The normalized spacial score (nSPS) is 11.6. The van der Waals surface area contributed by atoms with Gasteiger partial charge in [-0.3, -0.25) is 0 Å². The number of ether oxygens (including phenoxy) is 1. The summed E-state index contributed by atoms with van der Waals surface area (Å²) in [6.45, 7) is 118. The van der Waals surface area contributed by atoms with Crippen molar-refractivity contribution in [1.82, 2.24) is 27.4 Å². The zero-order valence-corrected chi connectivity index (χ0v) is 88.3. The Morgan fingerprint density at radius 2 is 0.449 bits per heavy atom. The lowest BCUT2D eigenvalue weighted by molar-refractivity contribution is 0.343. The summed E-state index contributed by atoms with van der Waals surface area (Å²) in [7, 11) is 1.69. The summed E-state index contributed by atoms with van der Waals surface area (Å²) >= 11 is 9.17. The number of allylic oxidation sites excluding steroid dienone is 4. The largest absolute Gasteiger partial charge is 0.497 e. The molecule has 0 unspecified atom stereocenters. The van der Waals surface area contributed by atoms with Crippen LogP contribution in [0.5, 0.6) is 5.75 Å². The van der Waals surface area contributed by atoms with E-state index in [1.54, 1.807) is 7.11 Å². The Balaban J connectivity index is -0.000000194. The van der Waals surface area contributed by atoms with Gasteiger partial charge in [-0.1, -0.05) is 414 Å². The molecular formula is C103H188BrClN6O7. The number of rotatable bonds is 15. The Morgan fingerprint density at radius 1 is 0.288 bits per heavy atom. The van der Waals surface area contributed by atoms with Crippen molar-refractivity contribution >= 4 is 27.5 Å². The molecule has 0 fully saturated rings. The number of hydrogen-bond donors (Lipinski definition) is 0. The van der Waals surface area contributed by atoms with Crippen LogP contribution in [0.25, 0.3) is 0 Å². The Kier molecular flexibility index (Phi) is 62.0. The first-order chi connectivity index (χ1) is 52.0. The molecule has 0 aliphatic heterocycles. The smallest absolute Gasteiger partial charge is 0.336 e. The van der Waals surface area contributed by atoms with E-state index in [0.29, 0.717) is 69.3 Å². The second kappa shape index (κ2) is 57.4. The van der Waals surface area contributed by atoms with Crippen LogP contribution < -0.4 is 38.9 Å². The highest BCUT2D eigenvalue weighted by atomic mass is 79.9. The van der Waals surface area contributed by atoms with Crippen LogP contribution in [-0.4, -0.2) is 34.5 Å². The maximum absolute atomic E-state index is 12.4. The Bertz CT molecular complexity index is 3420. The lowest BCUT2D eigenvalue weighted by Gasteiger charge is -2.18. The van der Waals surface area contributed by atoms with E-state index in [-0.39, 0.29) is 53.3 Å². The van der Waals surface area contributed by atoms with E-state index in [4.69, 9.17) is 16.3 Å². The summed E-state index contributed by atoms with van der Waals surface area (Å²) in [6, 6.07) is 24.7. The molecule has 3 aromatic carbocycles. The highest BCUT2D eigenvalue weighted by molar-refractivity contribution is 9.10. The van der Waals surface area contributed by atoms with E-state index in [0.717, 1.165) is 55.5 Å². The zero-order valence-electron chi connectivity index (χ0n) is 85.9. The first-order valence-electron chi connectivity index (χ1n) is 42.5. The highest BCUT2D eigenvalue weighted by Gasteiger charge is 2.20. The fraction of sp³-hybridized carbons (Fsp3) is 0.689. The fourth-order valence-corrected chi connectivity index (χ4v) is 7.81. The minimum atomic E-state index is -0.623. The predicted octanol–water partition coefficient (Wildman–Crippen LogP) is 29.5. The van der Waals surface area contributed by atoms with Gasteiger partial charge in [0, 0.05) is 22.6 Å². The van der Waals surface area contributed by atoms with E-state index in [1.165, 1.54) is 41.0 Å². The summed E-state index contributed by atoms with van der Waals surface area (Å²) in [5, 5.41) is 0.804. The quantitative estimate of drug-likeness (QED) is 0.0950. The van der Waals surface area contributed by atoms with Gasteiger partial charge < -0.3 is 4.74 Å². The standard InChI is InChI=1S/2C16H25N3O3.C11H16O.C10H13Br.C10H13Cl.8C5H12/c2*1-6-10-17-13(20)18(11-7-2)15(22)19(14(17)21)12-8-9-16(3,4)5;1-11(2,3)9-5-7-10(12-4)8-6-9;2*1-10(2,3)8-4-6-9(11)7-5-8;8*1-5(2,3)4/h2*6-7H,1-2,8-12H2,3-5H3;5-8H,1-4H3;2*4-7H,1-3H3;8*1-4H3. The average molecular weight is 1740 g/mol. The van der Waals surface area contributed by atoms with Crippen LogP contribution in [0.1, 0.15) is 368 Å². The van der Waals surface area contributed by atoms with Crippen LogP contribution in [0.15, 0.2) is 157 Å². The molecule has 0 aliphatic rings. The maximum Gasteiger partial charge on any atom is 0.336 e. The number of halogens is 2. The van der Waals surface area contributed by atoms with Crippen molar-refractivity contribution in [2.45, 2.75) is 407 Å². The molecule has 13 nitrogen and oxygen atoms in total. The minimum absolute atomic E-state index is 0.0777. The molecule has 0 spiro atoms. The van der Waals surface area contributed by atoms with Crippen molar-refractivity contribution < 1.29 is 4.74 Å². The Hall–Kier alpha value is -5.99. The van der Waals surface area contributed by atoms with Gasteiger partial charge in [-0.2, -0.15) is 0 Å². The van der Waals surface area contributed by atoms with Crippen molar-refractivity contribution in [3.8, 4) is 5.75 Å². The molecule has 0 saturated heterocycles. The maximum atomic E-state index is 12.4. The number of aromatic nitrogens is 6. The predicted molar refractivity (Wildman–Crippen MR) is 532 cm³/mol. The van der Waals surface area contributed by atoms with Gasteiger partial charge in [0.2, 0.25) is 0 Å². The molecule has 2 heterocycles. The molecule has 5 rings (SSSR count). The van der Waals surface area contributed by atoms with E-state index < -0.39 is 34.1 Å². The van der Waals surface area contributed by atoms with Gasteiger partial charge in [0.15, 0.2) is 0 Å². The number of hydrogen-bond acceptors (Lipinski definition) is 7. The molecule has 0 N–H and O–H groups in total. The van der Waals surface area contributed by atoms with Gasteiger partial charge in [0.1, 0.15) is 5.75 Å². The highest BCUT2D eigenvalue weighted by Crippen LogP contribution is 2.27. The first-order valence-corrected chi connectivity index (χ1v) is 43.7. The zero-order chi connectivity index (χ0) is 96.0. The van der Waals surface area contributed by atoms with Gasteiger partial charge in [-0.15, -0.1) is 26.3 Å². The fourth-order valence-electron chi connectivity index (χ4n) is 7.41. The molecule has 2 aromatic heterocycles. The minimum Gasteiger partial charge on any atom is -0.497 e. The van der Waals surface area contributed by atoms with E-state index in [1.807, 2.05) is 24.3 Å². The monoisotopic (exact) mass is 1740 g/mol. The second-order valence-corrected chi connectivity index (χ2v) is 49.8. The number of benzene rings is 3. The van der Waals surface area contributed by atoms with Crippen molar-refractivity contribution in [2.24, 2.45) is 54.1 Å². The van der Waals surface area contributed by atoms with Gasteiger partial charge in [0.05, 0.1) is 33.3 Å². The van der Waals surface area contributed by atoms with Gasteiger partial charge in [-0.05, 0) is 149 Å². The molecule has 686 valence electrons. The Labute approximate surface area is 741 Å². The second-order valence-electron chi connectivity index (χ2n) is 48.4. The van der Waals surface area contributed by atoms with Crippen LogP contribution >= 0.6 is 27.5 Å². The van der Waals surface area contributed by atoms with Crippen molar-refractivity contribution in [3.05, 3.63) is 213 Å². The van der Waals surface area contributed by atoms with E-state index >= 15 is 0 Å². The summed E-state index contributed by atoms with van der Waals surface area (Å²) in [4.78, 5) is 73.8. The molecule has 15 heteroatoms. The molecule has 0 saturated carbocycles. The molecule has 5 aromatic rings. The lowest BCUT2D eigenvalue weighted by Crippen LogP contribution is -2.54. The van der Waals surface area contributed by atoms with Crippen LogP contribution in [0, 0.1) is 54.1 Å². The molecule has 0 bridgehead atoms. The van der Waals surface area contributed by atoms with E-state index in [9.17, 15) is 28.8 Å². The molecule has 0 radical (unpaired) electrons. The lowest BCUT2D eigenvalue weighted by atomic mass is 9.87. The molecule has 0 amide bonds. The van der Waals surface area contributed by atoms with Crippen molar-refractivity contribution in [3.63, 3.8) is 0 Å². The topological polar surface area (TPSA) is 141 Å². The van der Waals surface area contributed by atoms with E-state index in [2.05, 4.69) is 416 Å². The van der Waals surface area contributed by atoms with Gasteiger partial charge in [0.25, 0.3) is 0 Å². The summed E-state index contributed by atoms with van der Waals surface area (Å²) in [5.74, 6) is 0.919. The number of nitrogens with zero attached hydrogens (tertiary/aromatic N) is 6. The molecule has 0 aliphatic carbocycles. The first kappa shape index (κ1) is 128. The summed E-state index contributed by atoms with van der Waals surface area (Å²) in [6.07, 6.45) is 8.99. The van der Waals surface area contributed by atoms with Crippen LogP contribution in [0.3, 0.4) is 0 Å². The van der Waals surface area contributed by atoms with Crippen LogP contribution in [-0.2, 0) is 55.5 Å². The third-order valence-electron chi connectivity index (χ3n) is 12.0. The summed E-state index contributed by atoms with van der Waals surface area (Å²) < 4.78 is 12.6. The summed E-state index contributed by atoms with van der Waals surface area (Å²) in [5.41, 5.74) is 5.44. The van der Waals surface area contributed by atoms with Gasteiger partial charge in [-0.25, -0.2) is 56.2 Å². The molecule has 118 heavy (non-hydrogen) atoms.